The predicted octanol–water partition coefficient (Wildman–Crippen LogP) is 2.19. The third-order valence-corrected chi connectivity index (χ3v) is 2.61. The Morgan fingerprint density at radius 3 is 2.70 bits per heavy atom. The van der Waals surface area contributed by atoms with E-state index in [1.54, 1.807) is 18.2 Å². The molecule has 1 aromatic rings. The summed E-state index contributed by atoms with van der Waals surface area (Å²) in [6.45, 7) is 4.95. The van der Waals surface area contributed by atoms with E-state index in [0.29, 0.717) is 30.2 Å². The molecule has 1 aromatic carbocycles. The summed E-state index contributed by atoms with van der Waals surface area (Å²) in [5.74, 6) is 0.766. The van der Waals surface area contributed by atoms with Crippen molar-refractivity contribution in [2.24, 2.45) is 0 Å². The minimum atomic E-state index is -0.166. The van der Waals surface area contributed by atoms with Crippen LogP contribution in [0.2, 0.25) is 0 Å². The van der Waals surface area contributed by atoms with Crippen molar-refractivity contribution in [3.8, 4) is 11.5 Å². The molecule has 1 amide bonds. The molecule has 0 bridgehead atoms. The zero-order valence-corrected chi connectivity index (χ0v) is 12.0. The van der Waals surface area contributed by atoms with E-state index in [1.165, 1.54) is 0 Å². The number of carbonyl (C=O) groups excluding carboxylic acids is 2. The van der Waals surface area contributed by atoms with E-state index in [-0.39, 0.29) is 12.5 Å². The van der Waals surface area contributed by atoms with Crippen LogP contribution >= 0.6 is 0 Å². The van der Waals surface area contributed by atoms with E-state index >= 15 is 0 Å². The van der Waals surface area contributed by atoms with Crippen LogP contribution in [0.25, 0.3) is 0 Å². The van der Waals surface area contributed by atoms with Crippen molar-refractivity contribution in [1.29, 1.82) is 0 Å². The molecular weight excluding hydrogens is 258 g/mol. The molecule has 5 nitrogen and oxygen atoms in total. The van der Waals surface area contributed by atoms with E-state index in [4.69, 9.17) is 9.47 Å². The fourth-order valence-corrected chi connectivity index (χ4v) is 1.58. The van der Waals surface area contributed by atoms with Gasteiger partial charge in [0.05, 0.1) is 6.61 Å². The maximum absolute atomic E-state index is 11.6. The van der Waals surface area contributed by atoms with Crippen molar-refractivity contribution in [2.75, 3.05) is 19.8 Å². The van der Waals surface area contributed by atoms with Crippen LogP contribution in [0.3, 0.4) is 0 Å². The zero-order chi connectivity index (χ0) is 14.8. The van der Waals surface area contributed by atoms with Crippen molar-refractivity contribution >= 4 is 12.2 Å². The van der Waals surface area contributed by atoms with E-state index in [0.717, 1.165) is 19.1 Å². The first-order chi connectivity index (χ1) is 9.71. The summed E-state index contributed by atoms with van der Waals surface area (Å²) in [5, 5.41) is 2.77. The van der Waals surface area contributed by atoms with Gasteiger partial charge in [-0.2, -0.15) is 0 Å². The highest BCUT2D eigenvalue weighted by Gasteiger charge is 2.08. The molecule has 0 unspecified atom stereocenters. The van der Waals surface area contributed by atoms with E-state index in [1.807, 2.05) is 6.92 Å². The fourth-order valence-electron chi connectivity index (χ4n) is 1.58. The van der Waals surface area contributed by atoms with Gasteiger partial charge < -0.3 is 14.8 Å². The number of rotatable bonds is 9. The average molecular weight is 279 g/mol. The maximum atomic E-state index is 11.6. The Labute approximate surface area is 119 Å². The molecule has 0 aromatic heterocycles. The molecular formula is C15H21NO4. The molecule has 0 aliphatic rings. The van der Waals surface area contributed by atoms with Gasteiger partial charge in [0.25, 0.3) is 5.91 Å². The van der Waals surface area contributed by atoms with Gasteiger partial charge in [-0.1, -0.05) is 13.3 Å². The molecule has 0 aliphatic carbocycles. The Morgan fingerprint density at radius 1 is 1.25 bits per heavy atom. The second-order valence-corrected chi connectivity index (χ2v) is 4.25. The monoisotopic (exact) mass is 279 g/mol. The molecule has 5 heteroatoms. The second kappa shape index (κ2) is 8.96. The van der Waals surface area contributed by atoms with Gasteiger partial charge >= 0.3 is 0 Å². The summed E-state index contributed by atoms with van der Waals surface area (Å²) in [7, 11) is 0. The standard InChI is InChI=1S/C15H21NO4/c1-3-5-8-16-15(18)11-20-13-7-6-12(10-17)9-14(13)19-4-2/h6-7,9-10H,3-5,8,11H2,1-2H3,(H,16,18). The summed E-state index contributed by atoms with van der Waals surface area (Å²) in [6.07, 6.45) is 2.72. The molecule has 110 valence electrons. The van der Waals surface area contributed by atoms with E-state index in [2.05, 4.69) is 12.2 Å². The minimum absolute atomic E-state index is 0.0653. The summed E-state index contributed by atoms with van der Waals surface area (Å²) in [4.78, 5) is 22.3. The lowest BCUT2D eigenvalue weighted by Gasteiger charge is -2.12. The Morgan fingerprint density at radius 2 is 2.05 bits per heavy atom. The highest BCUT2D eigenvalue weighted by Crippen LogP contribution is 2.27. The largest absolute Gasteiger partial charge is 0.490 e. The highest BCUT2D eigenvalue weighted by molar-refractivity contribution is 5.78. The Hall–Kier alpha value is -2.04. The number of aldehydes is 1. The van der Waals surface area contributed by atoms with Crippen molar-refractivity contribution < 1.29 is 19.1 Å². The SMILES string of the molecule is CCCCNC(=O)COc1ccc(C=O)cc1OCC. The minimum Gasteiger partial charge on any atom is -0.490 e. The van der Waals surface area contributed by atoms with Gasteiger partial charge in [0.1, 0.15) is 6.29 Å². The van der Waals surface area contributed by atoms with E-state index in [9.17, 15) is 9.59 Å². The molecule has 0 saturated heterocycles. The normalized spacial score (nSPS) is 9.90. The van der Waals surface area contributed by atoms with Crippen LogP contribution in [-0.4, -0.2) is 32.0 Å². The van der Waals surface area contributed by atoms with Crippen molar-refractivity contribution in [1.82, 2.24) is 5.32 Å². The van der Waals surface area contributed by atoms with Crippen LogP contribution in [0.1, 0.15) is 37.0 Å². The second-order valence-electron chi connectivity index (χ2n) is 4.25. The van der Waals surface area contributed by atoms with Crippen molar-refractivity contribution in [2.45, 2.75) is 26.7 Å². The lowest BCUT2D eigenvalue weighted by molar-refractivity contribution is -0.123. The predicted molar refractivity (Wildman–Crippen MR) is 76.4 cm³/mol. The average Bonchev–Trinajstić information content (AvgIpc) is 2.46. The quantitative estimate of drug-likeness (QED) is 0.556. The Kier molecular flexibility index (Phi) is 7.17. The summed E-state index contributed by atoms with van der Waals surface area (Å²) >= 11 is 0. The molecule has 1 N–H and O–H groups in total. The van der Waals surface area contributed by atoms with Gasteiger partial charge in [0, 0.05) is 12.1 Å². The van der Waals surface area contributed by atoms with Crippen LogP contribution in [0, 0.1) is 0 Å². The molecule has 0 radical (unpaired) electrons. The maximum Gasteiger partial charge on any atom is 0.257 e. The van der Waals surface area contributed by atoms with Crippen LogP contribution in [-0.2, 0) is 4.79 Å². The number of amides is 1. The number of carbonyl (C=O) groups is 2. The zero-order valence-electron chi connectivity index (χ0n) is 12.0. The number of hydrogen-bond donors (Lipinski definition) is 1. The molecule has 0 spiro atoms. The number of benzene rings is 1. The number of nitrogens with one attached hydrogen (secondary N) is 1. The molecule has 0 aliphatic heterocycles. The number of hydrogen-bond acceptors (Lipinski definition) is 4. The van der Waals surface area contributed by atoms with Gasteiger partial charge in [-0.15, -0.1) is 0 Å². The Bertz CT molecular complexity index is 445. The molecule has 0 saturated carbocycles. The molecule has 1 rings (SSSR count). The molecule has 0 atom stereocenters. The van der Waals surface area contributed by atoms with Crippen molar-refractivity contribution in [3.05, 3.63) is 23.8 Å². The van der Waals surface area contributed by atoms with Crippen LogP contribution < -0.4 is 14.8 Å². The van der Waals surface area contributed by atoms with Crippen LogP contribution in [0.5, 0.6) is 11.5 Å². The summed E-state index contributed by atoms with van der Waals surface area (Å²) in [5.41, 5.74) is 0.508. The van der Waals surface area contributed by atoms with Gasteiger partial charge in [-0.05, 0) is 31.5 Å². The summed E-state index contributed by atoms with van der Waals surface area (Å²) < 4.78 is 10.8. The molecule has 20 heavy (non-hydrogen) atoms. The van der Waals surface area contributed by atoms with Crippen LogP contribution in [0.4, 0.5) is 0 Å². The number of unbranched alkanes of at least 4 members (excludes halogenated alkanes) is 1. The first-order valence-electron chi connectivity index (χ1n) is 6.82. The number of ether oxygens (including phenoxy) is 2. The molecule has 0 heterocycles. The van der Waals surface area contributed by atoms with E-state index < -0.39 is 0 Å². The summed E-state index contributed by atoms with van der Waals surface area (Å²) in [6, 6.07) is 4.86. The van der Waals surface area contributed by atoms with Gasteiger partial charge in [0.15, 0.2) is 18.1 Å². The smallest absolute Gasteiger partial charge is 0.257 e. The fraction of sp³-hybridized carbons (Fsp3) is 0.467. The van der Waals surface area contributed by atoms with Gasteiger partial charge in [-0.3, -0.25) is 9.59 Å². The lowest BCUT2D eigenvalue weighted by Crippen LogP contribution is -2.29. The first-order valence-corrected chi connectivity index (χ1v) is 6.82. The van der Waals surface area contributed by atoms with Crippen molar-refractivity contribution in [3.63, 3.8) is 0 Å². The lowest BCUT2D eigenvalue weighted by atomic mass is 10.2. The first kappa shape index (κ1) is 16.0. The highest BCUT2D eigenvalue weighted by atomic mass is 16.5. The third kappa shape index (κ3) is 5.30. The topological polar surface area (TPSA) is 64.6 Å². The Balaban J connectivity index is 2.57. The third-order valence-electron chi connectivity index (χ3n) is 2.61. The van der Waals surface area contributed by atoms with Gasteiger partial charge in [0.2, 0.25) is 0 Å². The van der Waals surface area contributed by atoms with Gasteiger partial charge in [-0.25, -0.2) is 0 Å². The molecule has 0 fully saturated rings. The van der Waals surface area contributed by atoms with Crippen LogP contribution in [0.15, 0.2) is 18.2 Å².